The summed E-state index contributed by atoms with van der Waals surface area (Å²) in [6.45, 7) is 6.45. The van der Waals surface area contributed by atoms with Crippen molar-refractivity contribution in [2.24, 2.45) is 11.8 Å². The largest absolute Gasteiger partial charge is 0.369 e. The summed E-state index contributed by atoms with van der Waals surface area (Å²) in [7, 11) is 3.63. The third-order valence-corrected chi connectivity index (χ3v) is 5.12. The Morgan fingerprint density at radius 2 is 1.19 bits per heavy atom. The van der Waals surface area contributed by atoms with E-state index in [2.05, 4.69) is 9.80 Å². The van der Waals surface area contributed by atoms with Crippen molar-refractivity contribution in [3.05, 3.63) is 0 Å². The SMILES string of the molecule is COCN1CCCCCC(C2CCCCN(COC)C2)C1. The van der Waals surface area contributed by atoms with Gasteiger partial charge in [0.2, 0.25) is 0 Å². The van der Waals surface area contributed by atoms with Crippen molar-refractivity contribution >= 4 is 0 Å². The highest BCUT2D eigenvalue weighted by Crippen LogP contribution is 2.29. The van der Waals surface area contributed by atoms with Gasteiger partial charge in [-0.2, -0.15) is 0 Å². The Bertz CT molecular complexity index is 276. The topological polar surface area (TPSA) is 24.9 Å². The number of likely N-dealkylation sites (tertiary alicyclic amines) is 2. The van der Waals surface area contributed by atoms with E-state index in [1.807, 2.05) is 14.2 Å². The van der Waals surface area contributed by atoms with Crippen LogP contribution in [0.2, 0.25) is 0 Å². The fourth-order valence-corrected chi connectivity index (χ4v) is 4.06. The van der Waals surface area contributed by atoms with Gasteiger partial charge in [-0.05, 0) is 37.5 Å². The van der Waals surface area contributed by atoms with Crippen LogP contribution in [0.3, 0.4) is 0 Å². The fourth-order valence-electron chi connectivity index (χ4n) is 4.06. The Balaban J connectivity index is 1.94. The maximum atomic E-state index is 5.39. The van der Waals surface area contributed by atoms with Crippen LogP contribution >= 0.6 is 0 Å². The average molecular weight is 298 g/mol. The molecule has 21 heavy (non-hydrogen) atoms. The molecular formula is C17H34N2O2. The molecule has 2 rings (SSSR count). The second kappa shape index (κ2) is 9.78. The van der Waals surface area contributed by atoms with Crippen LogP contribution in [0.1, 0.15) is 44.9 Å². The van der Waals surface area contributed by atoms with Crippen LogP contribution in [0.15, 0.2) is 0 Å². The molecule has 2 fully saturated rings. The van der Waals surface area contributed by atoms with Crippen molar-refractivity contribution in [3.8, 4) is 0 Å². The minimum Gasteiger partial charge on any atom is -0.369 e. The van der Waals surface area contributed by atoms with E-state index in [0.717, 1.165) is 25.3 Å². The van der Waals surface area contributed by atoms with E-state index < -0.39 is 0 Å². The second-order valence-electron chi connectivity index (χ2n) is 6.85. The first-order valence-electron chi connectivity index (χ1n) is 8.76. The van der Waals surface area contributed by atoms with Gasteiger partial charge < -0.3 is 9.47 Å². The lowest BCUT2D eigenvalue weighted by molar-refractivity contribution is 0.0211. The normalized spacial score (nSPS) is 30.6. The zero-order valence-electron chi connectivity index (χ0n) is 14.1. The van der Waals surface area contributed by atoms with Gasteiger partial charge in [0.15, 0.2) is 0 Å². The predicted octanol–water partition coefficient (Wildman–Crippen LogP) is 2.79. The van der Waals surface area contributed by atoms with E-state index in [1.165, 1.54) is 71.1 Å². The molecule has 0 aromatic carbocycles. The molecule has 0 aromatic heterocycles. The van der Waals surface area contributed by atoms with Crippen LogP contribution in [0.25, 0.3) is 0 Å². The van der Waals surface area contributed by atoms with Gasteiger partial charge in [-0.15, -0.1) is 0 Å². The first-order valence-corrected chi connectivity index (χ1v) is 8.76. The lowest BCUT2D eigenvalue weighted by atomic mass is 9.83. The van der Waals surface area contributed by atoms with E-state index >= 15 is 0 Å². The molecule has 0 spiro atoms. The Morgan fingerprint density at radius 1 is 0.714 bits per heavy atom. The molecule has 124 valence electrons. The van der Waals surface area contributed by atoms with Crippen LogP contribution in [-0.2, 0) is 9.47 Å². The standard InChI is InChI=1S/C17H34N2O2/c1-20-14-18-10-6-3-4-8-16(12-18)17-9-5-7-11-19(13-17)15-21-2/h16-17H,3-15H2,1-2H3. The molecule has 0 saturated carbocycles. The molecule has 4 nitrogen and oxygen atoms in total. The first kappa shape index (κ1) is 17.2. The second-order valence-corrected chi connectivity index (χ2v) is 6.85. The van der Waals surface area contributed by atoms with Crippen molar-refractivity contribution in [3.63, 3.8) is 0 Å². The monoisotopic (exact) mass is 298 g/mol. The maximum absolute atomic E-state index is 5.39. The summed E-state index contributed by atoms with van der Waals surface area (Å²) in [6, 6.07) is 0. The highest BCUT2D eigenvalue weighted by molar-refractivity contribution is 4.80. The summed E-state index contributed by atoms with van der Waals surface area (Å²) in [4.78, 5) is 5.03. The van der Waals surface area contributed by atoms with E-state index in [-0.39, 0.29) is 0 Å². The van der Waals surface area contributed by atoms with Crippen LogP contribution in [0, 0.1) is 11.8 Å². The number of hydrogen-bond donors (Lipinski definition) is 0. The Labute approximate surface area is 130 Å². The van der Waals surface area contributed by atoms with Crippen LogP contribution in [0.4, 0.5) is 0 Å². The molecule has 0 bridgehead atoms. The quantitative estimate of drug-likeness (QED) is 0.779. The molecule has 0 amide bonds. The smallest absolute Gasteiger partial charge is 0.0986 e. The third kappa shape index (κ3) is 5.85. The van der Waals surface area contributed by atoms with Crippen LogP contribution in [0.5, 0.6) is 0 Å². The molecule has 2 aliphatic rings. The van der Waals surface area contributed by atoms with Gasteiger partial charge in [-0.25, -0.2) is 0 Å². The van der Waals surface area contributed by atoms with E-state index in [0.29, 0.717) is 0 Å². The van der Waals surface area contributed by atoms with Crippen molar-refractivity contribution < 1.29 is 9.47 Å². The van der Waals surface area contributed by atoms with Gasteiger partial charge in [0, 0.05) is 40.4 Å². The van der Waals surface area contributed by atoms with Gasteiger partial charge in [-0.3, -0.25) is 9.80 Å². The lowest BCUT2D eigenvalue weighted by Crippen LogP contribution is -2.40. The molecular weight excluding hydrogens is 264 g/mol. The predicted molar refractivity (Wildman–Crippen MR) is 86.2 cm³/mol. The van der Waals surface area contributed by atoms with Crippen LogP contribution in [-0.4, -0.2) is 63.7 Å². The number of hydrogen-bond acceptors (Lipinski definition) is 4. The maximum Gasteiger partial charge on any atom is 0.0986 e. The van der Waals surface area contributed by atoms with Crippen molar-refractivity contribution in [2.75, 3.05) is 53.9 Å². The Morgan fingerprint density at radius 3 is 1.71 bits per heavy atom. The summed E-state index contributed by atoms with van der Waals surface area (Å²) in [5.41, 5.74) is 0. The Hall–Kier alpha value is -0.160. The van der Waals surface area contributed by atoms with E-state index in [4.69, 9.17) is 9.47 Å². The minimum atomic E-state index is 0.797. The number of nitrogens with zero attached hydrogens (tertiary/aromatic N) is 2. The molecule has 4 heteroatoms. The number of ether oxygens (including phenoxy) is 2. The molecule has 0 aromatic rings. The summed E-state index contributed by atoms with van der Waals surface area (Å²) >= 11 is 0. The minimum absolute atomic E-state index is 0.797. The van der Waals surface area contributed by atoms with Crippen molar-refractivity contribution in [2.45, 2.75) is 44.9 Å². The Kier molecular flexibility index (Phi) is 8.01. The summed E-state index contributed by atoms with van der Waals surface area (Å²) < 4.78 is 10.8. The highest BCUT2D eigenvalue weighted by atomic mass is 16.5. The molecule has 2 unspecified atom stereocenters. The number of rotatable bonds is 5. The van der Waals surface area contributed by atoms with Gasteiger partial charge in [0.25, 0.3) is 0 Å². The van der Waals surface area contributed by atoms with Gasteiger partial charge in [0.05, 0.1) is 13.5 Å². The first-order chi connectivity index (χ1) is 10.3. The molecule has 2 aliphatic heterocycles. The average Bonchev–Trinajstić information content (AvgIpc) is 2.68. The number of methoxy groups -OCH3 is 2. The summed E-state index contributed by atoms with van der Waals surface area (Å²) in [5.74, 6) is 1.66. The van der Waals surface area contributed by atoms with E-state index in [1.54, 1.807) is 0 Å². The summed E-state index contributed by atoms with van der Waals surface area (Å²) in [5, 5.41) is 0. The van der Waals surface area contributed by atoms with Crippen molar-refractivity contribution in [1.29, 1.82) is 0 Å². The molecule has 0 radical (unpaired) electrons. The lowest BCUT2D eigenvalue weighted by Gasteiger charge is -2.35. The van der Waals surface area contributed by atoms with Gasteiger partial charge >= 0.3 is 0 Å². The molecule has 0 N–H and O–H groups in total. The molecule has 0 aliphatic carbocycles. The third-order valence-electron chi connectivity index (χ3n) is 5.12. The van der Waals surface area contributed by atoms with Crippen LogP contribution < -0.4 is 0 Å². The van der Waals surface area contributed by atoms with Gasteiger partial charge in [0.1, 0.15) is 0 Å². The summed E-state index contributed by atoms with van der Waals surface area (Å²) in [6.07, 6.45) is 9.62. The highest BCUT2D eigenvalue weighted by Gasteiger charge is 2.28. The van der Waals surface area contributed by atoms with E-state index in [9.17, 15) is 0 Å². The fraction of sp³-hybridized carbons (Fsp3) is 1.00. The zero-order chi connectivity index (χ0) is 14.9. The van der Waals surface area contributed by atoms with Crippen molar-refractivity contribution in [1.82, 2.24) is 9.80 Å². The zero-order valence-corrected chi connectivity index (χ0v) is 14.1. The molecule has 2 atom stereocenters. The molecule has 2 heterocycles. The molecule has 2 saturated heterocycles. The van der Waals surface area contributed by atoms with Gasteiger partial charge in [-0.1, -0.05) is 19.3 Å².